The van der Waals surface area contributed by atoms with E-state index in [9.17, 15) is 9.90 Å². The second kappa shape index (κ2) is 8.54. The van der Waals surface area contributed by atoms with Crippen LogP contribution >= 0.6 is 11.8 Å². The van der Waals surface area contributed by atoms with E-state index in [-0.39, 0.29) is 13.2 Å². The average Bonchev–Trinajstić information content (AvgIpc) is 3.11. The summed E-state index contributed by atoms with van der Waals surface area (Å²) in [5.74, 6) is 1.07. The number of amides is 1. The molecular weight excluding hydrogens is 334 g/mol. The van der Waals surface area contributed by atoms with E-state index < -0.39 is 0 Å². The van der Waals surface area contributed by atoms with Gasteiger partial charge in [0.1, 0.15) is 0 Å². The zero-order chi connectivity index (χ0) is 17.6. The Kier molecular flexibility index (Phi) is 6.15. The second-order valence-corrected chi connectivity index (χ2v) is 7.30. The summed E-state index contributed by atoms with van der Waals surface area (Å²) in [6, 6.07) is 8.42. The van der Waals surface area contributed by atoms with Gasteiger partial charge in [0.25, 0.3) is 0 Å². The Balaban J connectivity index is 2.04. The molecule has 0 saturated heterocycles. The van der Waals surface area contributed by atoms with Gasteiger partial charge in [-0.05, 0) is 42.7 Å². The summed E-state index contributed by atoms with van der Waals surface area (Å²) in [5, 5.41) is 16.9. The molecular formula is C19H25N3O2S. The maximum atomic E-state index is 11.5. The van der Waals surface area contributed by atoms with Crippen molar-refractivity contribution in [2.75, 3.05) is 24.3 Å². The molecule has 1 amide bonds. The van der Waals surface area contributed by atoms with E-state index in [2.05, 4.69) is 40.7 Å². The number of thioether (sulfide) groups is 1. The highest BCUT2D eigenvalue weighted by molar-refractivity contribution is 7.98. The van der Waals surface area contributed by atoms with Crippen molar-refractivity contribution in [3.8, 4) is 11.3 Å². The number of aromatic nitrogens is 2. The van der Waals surface area contributed by atoms with Gasteiger partial charge in [0.05, 0.1) is 18.8 Å². The molecule has 0 atom stereocenters. The van der Waals surface area contributed by atoms with Crippen LogP contribution in [0.5, 0.6) is 0 Å². The Morgan fingerprint density at radius 3 is 2.60 bits per heavy atom. The zero-order valence-electron chi connectivity index (χ0n) is 14.6. The van der Waals surface area contributed by atoms with E-state index in [0.29, 0.717) is 11.7 Å². The lowest BCUT2D eigenvalue weighted by molar-refractivity contribution is -0.107. The molecule has 2 aromatic rings. The number of carbonyl (C=O) groups is 1. The number of carbonyl (C=O) groups excluding carboxylic acids is 1. The number of hydrogen-bond acceptors (Lipinski definition) is 4. The summed E-state index contributed by atoms with van der Waals surface area (Å²) in [7, 11) is 0. The van der Waals surface area contributed by atoms with E-state index >= 15 is 0 Å². The minimum atomic E-state index is -0.0759. The first-order chi connectivity index (χ1) is 12.3. The third-order valence-electron chi connectivity index (χ3n) is 4.92. The largest absolute Gasteiger partial charge is 0.395 e. The minimum absolute atomic E-state index is 0.0759. The van der Waals surface area contributed by atoms with Crippen LogP contribution in [0.4, 0.5) is 5.82 Å². The number of H-pyrrole nitrogens is 1. The van der Waals surface area contributed by atoms with Crippen LogP contribution in [-0.2, 0) is 4.79 Å². The quantitative estimate of drug-likeness (QED) is 0.583. The summed E-state index contributed by atoms with van der Waals surface area (Å²) in [6.45, 7) is 0.187. The first kappa shape index (κ1) is 18.0. The van der Waals surface area contributed by atoms with Crippen molar-refractivity contribution in [2.45, 2.75) is 42.9 Å². The van der Waals surface area contributed by atoms with Crippen molar-refractivity contribution in [3.63, 3.8) is 0 Å². The van der Waals surface area contributed by atoms with Crippen LogP contribution in [-0.4, -0.2) is 41.1 Å². The molecule has 0 radical (unpaired) electrons. The van der Waals surface area contributed by atoms with Gasteiger partial charge in [0.2, 0.25) is 6.41 Å². The summed E-state index contributed by atoms with van der Waals surface area (Å²) >= 11 is 1.72. The van der Waals surface area contributed by atoms with Crippen LogP contribution in [0.25, 0.3) is 11.3 Å². The number of aliphatic hydroxyl groups excluding tert-OH is 1. The molecule has 1 aliphatic carbocycles. The molecule has 1 fully saturated rings. The van der Waals surface area contributed by atoms with Crippen LogP contribution in [0.3, 0.4) is 0 Å². The van der Waals surface area contributed by atoms with Crippen molar-refractivity contribution in [1.29, 1.82) is 0 Å². The summed E-state index contributed by atoms with van der Waals surface area (Å²) < 4.78 is 0. The molecule has 5 nitrogen and oxygen atoms in total. The summed E-state index contributed by atoms with van der Waals surface area (Å²) in [6.07, 6.45) is 8.76. The highest BCUT2D eigenvalue weighted by Crippen LogP contribution is 2.42. The second-order valence-electron chi connectivity index (χ2n) is 6.42. The Morgan fingerprint density at radius 1 is 1.28 bits per heavy atom. The fraction of sp³-hybridized carbons (Fsp3) is 0.474. The maximum Gasteiger partial charge on any atom is 0.215 e. The monoisotopic (exact) mass is 359 g/mol. The number of anilines is 1. The van der Waals surface area contributed by atoms with Gasteiger partial charge >= 0.3 is 0 Å². The topological polar surface area (TPSA) is 69.2 Å². The number of hydrogen-bond donors (Lipinski definition) is 2. The number of aromatic amines is 1. The third-order valence-corrected chi connectivity index (χ3v) is 5.66. The average molecular weight is 359 g/mol. The van der Waals surface area contributed by atoms with Gasteiger partial charge in [0, 0.05) is 10.5 Å². The third kappa shape index (κ3) is 3.90. The molecule has 2 N–H and O–H groups in total. The molecule has 0 bridgehead atoms. The Hall–Kier alpha value is -1.79. The Labute approximate surface area is 152 Å². The van der Waals surface area contributed by atoms with E-state index in [1.54, 1.807) is 11.8 Å². The van der Waals surface area contributed by atoms with E-state index in [1.165, 1.54) is 29.1 Å². The summed E-state index contributed by atoms with van der Waals surface area (Å²) in [5.41, 5.74) is 3.21. The van der Waals surface area contributed by atoms with Crippen molar-refractivity contribution >= 4 is 24.0 Å². The molecule has 0 spiro atoms. The van der Waals surface area contributed by atoms with Gasteiger partial charge in [-0.25, -0.2) is 0 Å². The minimum Gasteiger partial charge on any atom is -0.395 e. The lowest BCUT2D eigenvalue weighted by atomic mass is 9.82. The number of rotatable bonds is 7. The molecule has 3 rings (SSSR count). The first-order valence-corrected chi connectivity index (χ1v) is 10.1. The molecule has 0 unspecified atom stereocenters. The van der Waals surface area contributed by atoms with E-state index in [4.69, 9.17) is 0 Å². The molecule has 1 aromatic heterocycles. The van der Waals surface area contributed by atoms with Crippen molar-refractivity contribution in [3.05, 3.63) is 29.8 Å². The fourth-order valence-electron chi connectivity index (χ4n) is 3.63. The van der Waals surface area contributed by atoms with Gasteiger partial charge in [0.15, 0.2) is 5.82 Å². The highest BCUT2D eigenvalue weighted by atomic mass is 32.2. The highest BCUT2D eigenvalue weighted by Gasteiger charge is 2.27. The van der Waals surface area contributed by atoms with Gasteiger partial charge in [-0.3, -0.25) is 14.8 Å². The first-order valence-electron chi connectivity index (χ1n) is 8.84. The molecule has 1 aliphatic rings. The van der Waals surface area contributed by atoms with Crippen molar-refractivity contribution in [2.24, 2.45) is 0 Å². The summed E-state index contributed by atoms with van der Waals surface area (Å²) in [4.78, 5) is 14.3. The van der Waals surface area contributed by atoms with Crippen LogP contribution < -0.4 is 4.90 Å². The predicted molar refractivity (Wildman–Crippen MR) is 102 cm³/mol. The van der Waals surface area contributed by atoms with Gasteiger partial charge in [-0.1, -0.05) is 31.4 Å². The standard InChI is InChI=1S/C19H25N3O2S/c1-25-16-9-7-15(8-10-16)18-17(14-5-3-2-4-6-14)19(21-20-18)22(13-24)11-12-23/h7-10,13-14,23H,2-6,11-12H2,1H3,(H,20,21). The molecule has 6 heteroatoms. The van der Waals surface area contributed by atoms with Crippen LogP contribution in [0.1, 0.15) is 43.6 Å². The molecule has 0 aliphatic heterocycles. The van der Waals surface area contributed by atoms with E-state index in [1.807, 2.05) is 0 Å². The van der Waals surface area contributed by atoms with Crippen LogP contribution in [0, 0.1) is 0 Å². The maximum absolute atomic E-state index is 11.5. The molecule has 1 saturated carbocycles. The molecule has 134 valence electrons. The lowest BCUT2D eigenvalue weighted by Gasteiger charge is -2.25. The van der Waals surface area contributed by atoms with Gasteiger partial charge in [-0.15, -0.1) is 11.8 Å². The van der Waals surface area contributed by atoms with Crippen LogP contribution in [0.15, 0.2) is 29.2 Å². The predicted octanol–water partition coefficient (Wildman–Crippen LogP) is 3.80. The van der Waals surface area contributed by atoms with Crippen LogP contribution in [0.2, 0.25) is 0 Å². The lowest BCUT2D eigenvalue weighted by Crippen LogP contribution is -2.26. The zero-order valence-corrected chi connectivity index (χ0v) is 15.4. The van der Waals surface area contributed by atoms with Gasteiger partial charge in [-0.2, -0.15) is 5.10 Å². The normalized spacial score (nSPS) is 15.3. The Bertz CT molecular complexity index is 693. The van der Waals surface area contributed by atoms with E-state index in [0.717, 1.165) is 36.1 Å². The fourth-order valence-corrected chi connectivity index (χ4v) is 4.04. The van der Waals surface area contributed by atoms with Crippen molar-refractivity contribution in [1.82, 2.24) is 10.2 Å². The smallest absolute Gasteiger partial charge is 0.215 e. The Morgan fingerprint density at radius 2 is 2.00 bits per heavy atom. The number of benzene rings is 1. The molecule has 1 aromatic carbocycles. The number of nitrogens with one attached hydrogen (secondary N) is 1. The molecule has 1 heterocycles. The molecule has 25 heavy (non-hydrogen) atoms. The SMILES string of the molecule is CSc1ccc(-c2[nH]nc(N(C=O)CCO)c2C2CCCCC2)cc1. The van der Waals surface area contributed by atoms with Crippen molar-refractivity contribution < 1.29 is 9.90 Å². The van der Waals surface area contributed by atoms with Gasteiger partial charge < -0.3 is 5.11 Å². The number of nitrogens with zero attached hydrogens (tertiary/aromatic N) is 2. The number of aliphatic hydroxyl groups is 1.